The number of esters is 1. The van der Waals surface area contributed by atoms with Crippen LogP contribution in [0.2, 0.25) is 0 Å². The average Bonchev–Trinajstić information content (AvgIpc) is 3.45. The van der Waals surface area contributed by atoms with Gasteiger partial charge in [0.2, 0.25) is 0 Å². The fraction of sp³-hybridized carbons (Fsp3) is 0.667. The van der Waals surface area contributed by atoms with E-state index in [2.05, 4.69) is 4.90 Å². The molecule has 32 heavy (non-hydrogen) atoms. The summed E-state index contributed by atoms with van der Waals surface area (Å²) in [7, 11) is 4.62. The molecule has 2 atom stereocenters. The number of piperidine rings is 1. The molecule has 176 valence electrons. The number of amides is 1. The molecule has 3 aliphatic heterocycles. The van der Waals surface area contributed by atoms with Gasteiger partial charge in [-0.05, 0) is 56.2 Å². The van der Waals surface area contributed by atoms with E-state index in [4.69, 9.17) is 18.9 Å². The van der Waals surface area contributed by atoms with Crippen molar-refractivity contribution in [3.05, 3.63) is 23.8 Å². The third kappa shape index (κ3) is 4.71. The lowest BCUT2D eigenvalue weighted by atomic mass is 9.76. The van der Waals surface area contributed by atoms with Gasteiger partial charge in [0.25, 0.3) is 5.91 Å². The Labute approximate surface area is 189 Å². The zero-order valence-corrected chi connectivity index (χ0v) is 19.3. The summed E-state index contributed by atoms with van der Waals surface area (Å²) >= 11 is 0. The summed E-state index contributed by atoms with van der Waals surface area (Å²) in [5, 5.41) is 0. The Bertz CT molecular complexity index is 814. The Balaban J connectivity index is 1.33. The number of hydrogen-bond acceptors (Lipinski definition) is 7. The van der Waals surface area contributed by atoms with E-state index in [-0.39, 0.29) is 29.4 Å². The molecule has 1 aromatic rings. The van der Waals surface area contributed by atoms with Gasteiger partial charge >= 0.3 is 5.97 Å². The Hall–Kier alpha value is -2.32. The third-order valence-corrected chi connectivity index (χ3v) is 7.27. The van der Waals surface area contributed by atoms with Gasteiger partial charge in [0.05, 0.1) is 34.0 Å². The van der Waals surface area contributed by atoms with Gasteiger partial charge in [0.15, 0.2) is 0 Å². The van der Waals surface area contributed by atoms with Crippen molar-refractivity contribution in [3.63, 3.8) is 0 Å². The van der Waals surface area contributed by atoms with Crippen LogP contribution >= 0.6 is 0 Å². The number of rotatable bonds is 6. The van der Waals surface area contributed by atoms with Gasteiger partial charge in [0, 0.05) is 31.3 Å². The largest absolute Gasteiger partial charge is 0.497 e. The molecule has 3 aliphatic rings. The quantitative estimate of drug-likeness (QED) is 0.621. The van der Waals surface area contributed by atoms with Crippen LogP contribution in [0.1, 0.15) is 42.5 Å². The number of hydrogen-bond donors (Lipinski definition) is 0. The summed E-state index contributed by atoms with van der Waals surface area (Å²) in [6, 6.07) is 5.15. The summed E-state index contributed by atoms with van der Waals surface area (Å²) in [5.74, 6) is 1.09. The zero-order valence-electron chi connectivity index (χ0n) is 19.3. The molecule has 1 spiro atoms. The van der Waals surface area contributed by atoms with Crippen LogP contribution in [0.15, 0.2) is 18.2 Å². The van der Waals surface area contributed by atoms with Gasteiger partial charge < -0.3 is 23.8 Å². The molecule has 4 rings (SSSR count). The molecule has 1 aromatic carbocycles. The van der Waals surface area contributed by atoms with Crippen LogP contribution in [0.25, 0.3) is 0 Å². The molecule has 3 saturated heterocycles. The summed E-state index contributed by atoms with van der Waals surface area (Å²) < 4.78 is 21.8. The minimum atomic E-state index is -0.142. The predicted molar refractivity (Wildman–Crippen MR) is 118 cm³/mol. The molecule has 0 aromatic heterocycles. The highest BCUT2D eigenvalue weighted by Crippen LogP contribution is 2.43. The molecule has 1 amide bonds. The molecule has 3 heterocycles. The van der Waals surface area contributed by atoms with Crippen LogP contribution in [0.4, 0.5) is 0 Å². The van der Waals surface area contributed by atoms with E-state index in [1.165, 1.54) is 7.11 Å². The molecule has 0 N–H and O–H groups in total. The molecule has 0 radical (unpaired) electrons. The van der Waals surface area contributed by atoms with E-state index in [0.29, 0.717) is 30.2 Å². The molecule has 8 nitrogen and oxygen atoms in total. The first-order valence-electron chi connectivity index (χ1n) is 11.4. The number of carbonyl (C=O) groups excluding carboxylic acids is 2. The van der Waals surface area contributed by atoms with E-state index >= 15 is 0 Å². The van der Waals surface area contributed by atoms with Crippen LogP contribution in [0.5, 0.6) is 11.5 Å². The third-order valence-electron chi connectivity index (χ3n) is 7.27. The number of methoxy groups -OCH3 is 3. The lowest BCUT2D eigenvalue weighted by Crippen LogP contribution is -2.44. The number of carbonyl (C=O) groups is 2. The van der Waals surface area contributed by atoms with E-state index in [9.17, 15) is 9.59 Å². The minimum absolute atomic E-state index is 0.00509. The fourth-order valence-electron chi connectivity index (χ4n) is 5.37. The first-order chi connectivity index (χ1) is 15.5. The normalized spacial score (nSPS) is 25.2. The van der Waals surface area contributed by atoms with Gasteiger partial charge in [-0.15, -0.1) is 0 Å². The van der Waals surface area contributed by atoms with Gasteiger partial charge in [-0.1, -0.05) is 0 Å². The molecule has 0 unspecified atom stereocenters. The van der Waals surface area contributed by atoms with Crippen molar-refractivity contribution < 1.29 is 28.5 Å². The second kappa shape index (κ2) is 9.67. The molecule has 0 aliphatic carbocycles. The Kier molecular flexibility index (Phi) is 6.90. The smallest absolute Gasteiger partial charge is 0.323 e. The second-order valence-corrected chi connectivity index (χ2v) is 9.21. The van der Waals surface area contributed by atoms with E-state index in [1.54, 1.807) is 32.4 Å². The zero-order chi connectivity index (χ0) is 22.7. The van der Waals surface area contributed by atoms with Crippen molar-refractivity contribution in [1.82, 2.24) is 9.80 Å². The first kappa shape index (κ1) is 22.9. The monoisotopic (exact) mass is 446 g/mol. The van der Waals surface area contributed by atoms with Crippen molar-refractivity contribution in [3.8, 4) is 11.5 Å². The highest BCUT2D eigenvalue weighted by molar-refractivity contribution is 5.95. The summed E-state index contributed by atoms with van der Waals surface area (Å²) in [6.45, 7) is 3.84. The van der Waals surface area contributed by atoms with Gasteiger partial charge in [0.1, 0.15) is 17.5 Å². The molecule has 0 saturated carbocycles. The molecule has 3 fully saturated rings. The summed E-state index contributed by atoms with van der Waals surface area (Å²) in [5.41, 5.74) is 0.703. The van der Waals surface area contributed by atoms with Crippen LogP contribution < -0.4 is 9.47 Å². The van der Waals surface area contributed by atoms with Crippen molar-refractivity contribution in [2.45, 2.75) is 44.2 Å². The van der Waals surface area contributed by atoms with E-state index in [1.807, 2.05) is 4.90 Å². The topological polar surface area (TPSA) is 77.5 Å². The molecule has 0 bridgehead atoms. The molecular formula is C24H34N2O6. The number of benzene rings is 1. The maximum Gasteiger partial charge on any atom is 0.323 e. The highest BCUT2D eigenvalue weighted by Gasteiger charge is 2.44. The summed E-state index contributed by atoms with van der Waals surface area (Å²) in [4.78, 5) is 29.3. The van der Waals surface area contributed by atoms with Crippen molar-refractivity contribution in [2.75, 3.05) is 54.1 Å². The lowest BCUT2D eigenvalue weighted by molar-refractivity contribution is -0.146. The molecule has 8 heteroatoms. The van der Waals surface area contributed by atoms with Gasteiger partial charge in [-0.2, -0.15) is 0 Å². The Morgan fingerprint density at radius 1 is 1.06 bits per heavy atom. The summed E-state index contributed by atoms with van der Waals surface area (Å²) in [6.07, 6.45) is 4.84. The lowest BCUT2D eigenvalue weighted by Gasteiger charge is -2.38. The van der Waals surface area contributed by atoms with Gasteiger partial charge in [-0.25, -0.2) is 0 Å². The van der Waals surface area contributed by atoms with Crippen LogP contribution in [-0.2, 0) is 14.3 Å². The number of likely N-dealkylation sites (tertiary alicyclic amines) is 2. The van der Waals surface area contributed by atoms with Crippen LogP contribution in [0.3, 0.4) is 0 Å². The van der Waals surface area contributed by atoms with Crippen LogP contribution in [0, 0.1) is 5.41 Å². The minimum Gasteiger partial charge on any atom is -0.497 e. The number of ether oxygens (including phenoxy) is 4. The Morgan fingerprint density at radius 3 is 2.38 bits per heavy atom. The maximum absolute atomic E-state index is 13.1. The SMILES string of the molecule is COC(=O)[C@H]1CCCN1C[C@@H]1CC2(CCN(C(=O)c3cc(OC)cc(OC)c3)CC2)CO1. The van der Waals surface area contributed by atoms with Crippen molar-refractivity contribution in [2.24, 2.45) is 5.41 Å². The molecular weight excluding hydrogens is 412 g/mol. The highest BCUT2D eigenvalue weighted by atomic mass is 16.5. The van der Waals surface area contributed by atoms with E-state index < -0.39 is 0 Å². The van der Waals surface area contributed by atoms with Crippen LogP contribution in [-0.4, -0.2) is 87.9 Å². The van der Waals surface area contributed by atoms with E-state index in [0.717, 1.165) is 51.8 Å². The standard InChI is InChI=1S/C24H34N2O6/c1-29-18-11-17(12-19(13-18)30-2)22(27)25-9-6-24(7-10-25)14-20(32-16-24)15-26-8-4-5-21(26)23(28)31-3/h11-13,20-21H,4-10,14-16H2,1-3H3/t20-,21+/m0/s1. The second-order valence-electron chi connectivity index (χ2n) is 9.21. The predicted octanol–water partition coefficient (Wildman–Crippen LogP) is 2.35. The first-order valence-corrected chi connectivity index (χ1v) is 11.4. The average molecular weight is 447 g/mol. The Morgan fingerprint density at radius 2 is 1.75 bits per heavy atom. The maximum atomic E-state index is 13.1. The van der Waals surface area contributed by atoms with Crippen molar-refractivity contribution >= 4 is 11.9 Å². The number of nitrogens with zero attached hydrogens (tertiary/aromatic N) is 2. The fourth-order valence-corrected chi connectivity index (χ4v) is 5.37. The van der Waals surface area contributed by atoms with Crippen molar-refractivity contribution in [1.29, 1.82) is 0 Å². The van der Waals surface area contributed by atoms with Gasteiger partial charge in [-0.3, -0.25) is 14.5 Å².